The molecule has 0 spiro atoms. The Hall–Kier alpha value is -0.390. The molecule has 0 aliphatic heterocycles. The molecule has 0 amide bonds. The molecular weight excluding hydrogens is 117 g/mol. The molecule has 0 bridgehead atoms. The number of hydrogen-bond acceptors (Lipinski definition) is 1. The van der Waals surface area contributed by atoms with Crippen molar-refractivity contribution in [2.24, 2.45) is 5.50 Å². The monoisotopic (exact) mass is 125 g/mol. The summed E-state index contributed by atoms with van der Waals surface area (Å²) in [6.45, 7) is 0. The van der Waals surface area contributed by atoms with Crippen LogP contribution in [0.3, 0.4) is 0 Å². The highest BCUT2D eigenvalue weighted by Crippen LogP contribution is 1.95. The third kappa shape index (κ3) is 1.29. The topological polar surface area (TPSA) is 26.0 Å². The average molecular weight is 125 g/mol. The zero-order valence-electron chi connectivity index (χ0n) is 4.46. The zero-order chi connectivity index (χ0) is 5.82. The van der Waals surface area contributed by atoms with Gasteiger partial charge in [0.2, 0.25) is 0 Å². The minimum absolute atomic E-state index is 0.430. The Kier molecular flexibility index (Phi) is 2.01. The molecule has 0 radical (unpaired) electrons. The summed E-state index contributed by atoms with van der Waals surface area (Å²) in [7, 11) is 0.430. The van der Waals surface area contributed by atoms with Crippen LogP contribution in [0.25, 0.3) is 0 Å². The lowest BCUT2D eigenvalue weighted by Gasteiger charge is -1.89. The molecular formula is C6H8NP. The first-order valence-electron chi connectivity index (χ1n) is 2.45. The van der Waals surface area contributed by atoms with Crippen molar-refractivity contribution in [3.63, 3.8) is 0 Å². The minimum atomic E-state index is 0.430. The van der Waals surface area contributed by atoms with E-state index in [1.165, 1.54) is 5.30 Å². The van der Waals surface area contributed by atoms with Gasteiger partial charge in [0, 0.05) is 0 Å². The molecule has 1 nitrogen and oxygen atoms in total. The van der Waals surface area contributed by atoms with Crippen LogP contribution in [-0.2, 0) is 0 Å². The van der Waals surface area contributed by atoms with Crippen molar-refractivity contribution in [3.05, 3.63) is 30.3 Å². The molecule has 0 saturated carbocycles. The molecule has 0 saturated heterocycles. The van der Waals surface area contributed by atoms with E-state index in [1.54, 1.807) is 0 Å². The lowest BCUT2D eigenvalue weighted by Crippen LogP contribution is -1.94. The Bertz CT molecular complexity index is 150. The van der Waals surface area contributed by atoms with Gasteiger partial charge in [0.15, 0.2) is 0 Å². The molecule has 2 N–H and O–H groups in total. The van der Waals surface area contributed by atoms with Crippen molar-refractivity contribution in [2.45, 2.75) is 0 Å². The van der Waals surface area contributed by atoms with E-state index in [2.05, 4.69) is 0 Å². The van der Waals surface area contributed by atoms with Crippen molar-refractivity contribution in [1.82, 2.24) is 0 Å². The van der Waals surface area contributed by atoms with Crippen molar-refractivity contribution in [1.29, 1.82) is 0 Å². The Balaban J connectivity index is 2.83. The summed E-state index contributed by atoms with van der Waals surface area (Å²) in [5.74, 6) is 0. The molecule has 2 heteroatoms. The van der Waals surface area contributed by atoms with Crippen molar-refractivity contribution in [2.75, 3.05) is 0 Å². The number of nitrogens with two attached hydrogens (primary N) is 1. The Morgan fingerprint density at radius 2 is 1.75 bits per heavy atom. The number of hydrogen-bond donors (Lipinski definition) is 1. The van der Waals surface area contributed by atoms with Gasteiger partial charge in [-0.25, -0.2) is 0 Å². The normalized spacial score (nSPS) is 10.6. The van der Waals surface area contributed by atoms with Crippen LogP contribution in [0, 0.1) is 0 Å². The van der Waals surface area contributed by atoms with E-state index in [-0.39, 0.29) is 0 Å². The van der Waals surface area contributed by atoms with E-state index < -0.39 is 0 Å². The first-order valence-corrected chi connectivity index (χ1v) is 3.53. The molecule has 8 heavy (non-hydrogen) atoms. The largest absolute Gasteiger partial charge is 0.308 e. The van der Waals surface area contributed by atoms with Crippen LogP contribution in [0.5, 0.6) is 0 Å². The quantitative estimate of drug-likeness (QED) is 0.553. The Labute approximate surface area is 50.7 Å². The van der Waals surface area contributed by atoms with E-state index in [1.807, 2.05) is 30.3 Å². The molecule has 1 aromatic rings. The molecule has 0 fully saturated rings. The van der Waals surface area contributed by atoms with Crippen LogP contribution in [-0.4, -0.2) is 0 Å². The number of benzene rings is 1. The van der Waals surface area contributed by atoms with E-state index in [9.17, 15) is 0 Å². The van der Waals surface area contributed by atoms with Crippen LogP contribution in [0.4, 0.5) is 0 Å². The van der Waals surface area contributed by atoms with E-state index in [4.69, 9.17) is 5.50 Å². The van der Waals surface area contributed by atoms with Crippen molar-refractivity contribution in [3.8, 4) is 0 Å². The first kappa shape index (κ1) is 5.74. The fourth-order valence-electron chi connectivity index (χ4n) is 0.534. The van der Waals surface area contributed by atoms with Gasteiger partial charge in [-0.2, -0.15) is 0 Å². The maximum absolute atomic E-state index is 5.38. The van der Waals surface area contributed by atoms with Gasteiger partial charge in [0.1, 0.15) is 0 Å². The van der Waals surface area contributed by atoms with Gasteiger partial charge in [-0.15, -0.1) is 0 Å². The van der Waals surface area contributed by atoms with Gasteiger partial charge in [-0.3, -0.25) is 0 Å². The summed E-state index contributed by atoms with van der Waals surface area (Å²) in [5, 5.41) is 1.22. The highest BCUT2D eigenvalue weighted by molar-refractivity contribution is 7.44. The van der Waals surface area contributed by atoms with E-state index in [0.717, 1.165) is 0 Å². The molecule has 1 unspecified atom stereocenters. The molecule has 0 aliphatic carbocycles. The van der Waals surface area contributed by atoms with Gasteiger partial charge >= 0.3 is 0 Å². The molecule has 1 rings (SSSR count). The van der Waals surface area contributed by atoms with E-state index >= 15 is 0 Å². The molecule has 0 aliphatic rings. The third-order valence-corrected chi connectivity index (χ3v) is 1.61. The summed E-state index contributed by atoms with van der Waals surface area (Å²) in [5.41, 5.74) is 5.38. The lowest BCUT2D eigenvalue weighted by molar-refractivity contribution is 1.77. The zero-order valence-corrected chi connectivity index (χ0v) is 5.46. The fourth-order valence-corrected chi connectivity index (χ4v) is 0.919. The third-order valence-electron chi connectivity index (χ3n) is 0.940. The van der Waals surface area contributed by atoms with Gasteiger partial charge in [0.25, 0.3) is 0 Å². The summed E-state index contributed by atoms with van der Waals surface area (Å²) in [6.07, 6.45) is 0. The maximum atomic E-state index is 5.38. The molecule has 1 aromatic carbocycles. The molecule has 1 atom stereocenters. The summed E-state index contributed by atoms with van der Waals surface area (Å²) < 4.78 is 0. The SMILES string of the molecule is NPc1ccccc1. The van der Waals surface area contributed by atoms with Crippen LogP contribution >= 0.6 is 8.73 Å². The van der Waals surface area contributed by atoms with Crippen LogP contribution < -0.4 is 10.8 Å². The molecule has 42 valence electrons. The molecule has 0 aromatic heterocycles. The van der Waals surface area contributed by atoms with E-state index in [0.29, 0.717) is 8.73 Å². The predicted octanol–water partition coefficient (Wildman–Crippen LogP) is 0.864. The standard InChI is InChI=1S/C6H8NP/c7-8-6-4-2-1-3-5-6/h1-5,8H,7H2. The number of rotatable bonds is 1. The van der Waals surface area contributed by atoms with Crippen LogP contribution in [0.2, 0.25) is 0 Å². The second-order valence-electron chi connectivity index (χ2n) is 1.51. The van der Waals surface area contributed by atoms with Gasteiger partial charge < -0.3 is 5.50 Å². The molecule has 0 heterocycles. The fraction of sp³-hybridized carbons (Fsp3) is 0. The summed E-state index contributed by atoms with van der Waals surface area (Å²) in [6, 6.07) is 10.0. The van der Waals surface area contributed by atoms with Gasteiger partial charge in [-0.1, -0.05) is 30.3 Å². The van der Waals surface area contributed by atoms with Crippen LogP contribution in [0.1, 0.15) is 0 Å². The Morgan fingerprint density at radius 1 is 1.12 bits per heavy atom. The highest BCUT2D eigenvalue weighted by Gasteiger charge is 1.80. The van der Waals surface area contributed by atoms with Crippen molar-refractivity contribution < 1.29 is 0 Å². The minimum Gasteiger partial charge on any atom is -0.308 e. The highest BCUT2D eigenvalue weighted by atomic mass is 31.1. The second kappa shape index (κ2) is 2.81. The summed E-state index contributed by atoms with van der Waals surface area (Å²) >= 11 is 0. The summed E-state index contributed by atoms with van der Waals surface area (Å²) in [4.78, 5) is 0. The predicted molar refractivity (Wildman–Crippen MR) is 38.6 cm³/mol. The smallest absolute Gasteiger partial charge is 0.0127 e. The maximum Gasteiger partial charge on any atom is -0.0127 e. The van der Waals surface area contributed by atoms with Crippen molar-refractivity contribution >= 4 is 14.0 Å². The first-order chi connectivity index (χ1) is 3.93. The van der Waals surface area contributed by atoms with Gasteiger partial charge in [-0.05, 0) is 14.0 Å². The Morgan fingerprint density at radius 3 is 2.12 bits per heavy atom. The van der Waals surface area contributed by atoms with Crippen LogP contribution in [0.15, 0.2) is 30.3 Å². The van der Waals surface area contributed by atoms with Gasteiger partial charge in [0.05, 0.1) is 0 Å². The average Bonchev–Trinajstić information content (AvgIpc) is 1.90. The lowest BCUT2D eigenvalue weighted by atomic mass is 10.4. The second-order valence-corrected chi connectivity index (χ2v) is 2.38.